The van der Waals surface area contributed by atoms with E-state index < -0.39 is 0 Å². The van der Waals surface area contributed by atoms with E-state index in [1.165, 1.54) is 0 Å². The summed E-state index contributed by atoms with van der Waals surface area (Å²) >= 11 is 4.68. The molecule has 1 rings (SSSR count). The molecule has 3 nitrogen and oxygen atoms in total. The summed E-state index contributed by atoms with van der Waals surface area (Å²) in [6.07, 6.45) is 0. The molecule has 0 fully saturated rings. The van der Waals surface area contributed by atoms with E-state index in [0.29, 0.717) is 15.2 Å². The van der Waals surface area contributed by atoms with Gasteiger partial charge in [0, 0.05) is 42.5 Å². The van der Waals surface area contributed by atoms with E-state index >= 15 is 0 Å². The molecule has 1 heterocycles. The summed E-state index contributed by atoms with van der Waals surface area (Å²) in [7, 11) is 0. The second kappa shape index (κ2) is 4.08. The molecule has 0 aromatic carbocycles. The van der Waals surface area contributed by atoms with E-state index in [9.17, 15) is 5.21 Å². The maximum absolute atomic E-state index is 10.6. The molecule has 49 valence electrons. The van der Waals surface area contributed by atoms with Crippen molar-refractivity contribution in [3.63, 3.8) is 0 Å². The van der Waals surface area contributed by atoms with Gasteiger partial charge in [0.05, 0.1) is 0 Å². The molecule has 0 aliphatic rings. The molecule has 1 aromatic heterocycles. The van der Waals surface area contributed by atoms with Crippen LogP contribution in [0.3, 0.4) is 0 Å². The van der Waals surface area contributed by atoms with Gasteiger partial charge in [0.15, 0.2) is 4.64 Å². The molecular formula is C5H6N2NaOS. The fourth-order valence-electron chi connectivity index (χ4n) is 0.490. The number of hydrogen-bond donors (Lipinski definition) is 1. The van der Waals surface area contributed by atoms with Gasteiger partial charge in [0.2, 0.25) is 5.69 Å². The monoisotopic (exact) mass is 165 g/mol. The van der Waals surface area contributed by atoms with Gasteiger partial charge in [0.1, 0.15) is 0 Å². The van der Waals surface area contributed by atoms with Crippen molar-refractivity contribution in [1.29, 1.82) is 0 Å². The van der Waals surface area contributed by atoms with Crippen LogP contribution in [-0.2, 0) is 0 Å². The van der Waals surface area contributed by atoms with E-state index in [0.717, 1.165) is 0 Å². The molecule has 0 amide bonds. The number of nitrogens with one attached hydrogen (secondary N) is 1. The standard InChI is InChI=1S/C5H6N2OS.Na/c1-4-2-3-5(9)6-7(4)8;/h2-3H,1H3,(H,6,9);. The Bertz CT molecular complexity index is 273. The minimum Gasteiger partial charge on any atom is -0.596 e. The number of hydrogen-bond acceptors (Lipinski definition) is 2. The summed E-state index contributed by atoms with van der Waals surface area (Å²) in [5, 5.41) is 13.0. The van der Waals surface area contributed by atoms with Gasteiger partial charge in [-0.1, -0.05) is 17.1 Å². The van der Waals surface area contributed by atoms with Gasteiger partial charge in [-0.25, -0.2) is 0 Å². The van der Waals surface area contributed by atoms with Gasteiger partial charge in [-0.15, -0.1) is 5.10 Å². The molecule has 0 spiro atoms. The number of aromatic nitrogens is 2. The third kappa shape index (κ3) is 2.38. The normalized spacial score (nSPS) is 8.50. The molecule has 0 aliphatic carbocycles. The van der Waals surface area contributed by atoms with Crippen LogP contribution in [0, 0.1) is 16.8 Å². The topological polar surface area (TPSA) is 42.7 Å². The molecule has 0 aliphatic heterocycles. The van der Waals surface area contributed by atoms with E-state index in [2.05, 4.69) is 17.3 Å². The molecular weight excluding hydrogens is 159 g/mol. The van der Waals surface area contributed by atoms with E-state index in [1.54, 1.807) is 19.1 Å². The molecule has 1 radical (unpaired) electrons. The quantitative estimate of drug-likeness (QED) is 0.260. The Hall–Kier alpha value is 0.100. The molecule has 0 saturated heterocycles. The van der Waals surface area contributed by atoms with Crippen LogP contribution in [0.1, 0.15) is 5.69 Å². The second-order valence-electron chi connectivity index (χ2n) is 1.75. The minimum atomic E-state index is 0. The zero-order chi connectivity index (χ0) is 6.85. The number of rotatable bonds is 0. The van der Waals surface area contributed by atoms with Crippen molar-refractivity contribution in [2.45, 2.75) is 6.92 Å². The Balaban J connectivity index is 0.000000810. The first-order valence-corrected chi connectivity index (χ1v) is 2.90. The van der Waals surface area contributed by atoms with Crippen LogP contribution >= 0.6 is 12.2 Å². The second-order valence-corrected chi connectivity index (χ2v) is 2.18. The summed E-state index contributed by atoms with van der Waals surface area (Å²) in [5.74, 6) is 0. The SMILES string of the molecule is Cc1ccc(=S)[nH][n+]1[O-].[Na]. The zero-order valence-corrected chi connectivity index (χ0v) is 8.73. The van der Waals surface area contributed by atoms with Crippen molar-refractivity contribution in [3.8, 4) is 0 Å². The van der Waals surface area contributed by atoms with Crippen molar-refractivity contribution in [3.05, 3.63) is 27.7 Å². The zero-order valence-electron chi connectivity index (χ0n) is 5.92. The van der Waals surface area contributed by atoms with Crippen LogP contribution in [0.4, 0.5) is 0 Å². The minimum absolute atomic E-state index is 0. The molecule has 1 N–H and O–H groups in total. The van der Waals surface area contributed by atoms with Crippen LogP contribution < -0.4 is 4.85 Å². The molecule has 10 heavy (non-hydrogen) atoms. The largest absolute Gasteiger partial charge is 0.596 e. The van der Waals surface area contributed by atoms with Crippen LogP contribution in [0.25, 0.3) is 0 Å². The van der Waals surface area contributed by atoms with Crippen molar-refractivity contribution in [2.24, 2.45) is 0 Å². The Morgan fingerprint density at radius 1 is 1.60 bits per heavy atom. The summed E-state index contributed by atoms with van der Waals surface area (Å²) in [6.45, 7) is 1.71. The van der Waals surface area contributed by atoms with Crippen molar-refractivity contribution >= 4 is 41.8 Å². The molecule has 0 bridgehead atoms. The Labute approximate surface area is 85.9 Å². The first-order chi connectivity index (χ1) is 4.20. The first kappa shape index (κ1) is 10.1. The fourth-order valence-corrected chi connectivity index (χ4v) is 0.640. The molecule has 0 unspecified atom stereocenters. The number of aromatic amines is 1. The van der Waals surface area contributed by atoms with Gasteiger partial charge >= 0.3 is 0 Å². The molecule has 0 atom stereocenters. The van der Waals surface area contributed by atoms with Crippen LogP contribution in [-0.4, -0.2) is 34.7 Å². The number of aryl methyl sites for hydroxylation is 1. The van der Waals surface area contributed by atoms with Crippen molar-refractivity contribution in [2.75, 3.05) is 0 Å². The van der Waals surface area contributed by atoms with Crippen LogP contribution in [0.2, 0.25) is 0 Å². The molecule has 0 saturated carbocycles. The first-order valence-electron chi connectivity index (χ1n) is 2.49. The van der Waals surface area contributed by atoms with Gasteiger partial charge in [-0.3, -0.25) is 0 Å². The number of H-pyrrole nitrogens is 1. The van der Waals surface area contributed by atoms with Crippen molar-refractivity contribution in [1.82, 2.24) is 5.10 Å². The third-order valence-corrected chi connectivity index (χ3v) is 1.24. The van der Waals surface area contributed by atoms with E-state index in [4.69, 9.17) is 0 Å². The average Bonchev–Trinajstić information content (AvgIpc) is 1.80. The Morgan fingerprint density at radius 3 is 2.60 bits per heavy atom. The molecule has 1 aromatic rings. The van der Waals surface area contributed by atoms with E-state index in [-0.39, 0.29) is 29.6 Å². The summed E-state index contributed by atoms with van der Waals surface area (Å²) < 4.78 is 0.454. The third-order valence-electron chi connectivity index (χ3n) is 1.01. The van der Waals surface area contributed by atoms with Gasteiger partial charge in [-0.2, -0.15) is 0 Å². The summed E-state index contributed by atoms with van der Waals surface area (Å²) in [4.78, 5) is 0.641. The maximum Gasteiger partial charge on any atom is 0.216 e. The summed E-state index contributed by atoms with van der Waals surface area (Å²) in [5.41, 5.74) is 0.614. The van der Waals surface area contributed by atoms with E-state index in [1.807, 2.05) is 0 Å². The Kier molecular flexibility index (Phi) is 4.12. The Morgan fingerprint density at radius 2 is 2.20 bits per heavy atom. The van der Waals surface area contributed by atoms with Gasteiger partial charge < -0.3 is 5.21 Å². The molecule has 5 heteroatoms. The van der Waals surface area contributed by atoms with Crippen LogP contribution in [0.15, 0.2) is 12.1 Å². The van der Waals surface area contributed by atoms with Crippen LogP contribution in [0.5, 0.6) is 0 Å². The summed E-state index contributed by atoms with van der Waals surface area (Å²) in [6, 6.07) is 3.35. The fraction of sp³-hybridized carbons (Fsp3) is 0.200. The number of nitrogens with zero attached hydrogens (tertiary/aromatic N) is 1. The van der Waals surface area contributed by atoms with Gasteiger partial charge in [-0.05, 0) is 6.07 Å². The predicted molar refractivity (Wildman–Crippen MR) is 41.1 cm³/mol. The smallest absolute Gasteiger partial charge is 0.216 e. The van der Waals surface area contributed by atoms with Crippen molar-refractivity contribution < 1.29 is 4.85 Å². The maximum atomic E-state index is 10.6. The predicted octanol–water partition coefficient (Wildman–Crippen LogP) is 0.305. The van der Waals surface area contributed by atoms with Gasteiger partial charge in [0.25, 0.3) is 0 Å². The average molecular weight is 165 g/mol.